The molecule has 0 saturated carbocycles. The van der Waals surface area contributed by atoms with Gasteiger partial charge in [-0.2, -0.15) is 5.10 Å². The van der Waals surface area contributed by atoms with Crippen LogP contribution >= 0.6 is 11.6 Å². The molecule has 0 radical (unpaired) electrons. The number of nitrogen functional groups attached to an aromatic ring is 1. The van der Waals surface area contributed by atoms with Crippen LogP contribution in [0.4, 0.5) is 10.2 Å². The molecular formula is C17H15ClFN3O. The molecule has 1 aromatic heterocycles. The third-order valence-corrected chi connectivity index (χ3v) is 3.72. The van der Waals surface area contributed by atoms with Crippen LogP contribution in [-0.4, -0.2) is 9.78 Å². The quantitative estimate of drug-likeness (QED) is 0.785. The molecule has 23 heavy (non-hydrogen) atoms. The van der Waals surface area contributed by atoms with Crippen LogP contribution in [0.15, 0.2) is 48.5 Å². The van der Waals surface area contributed by atoms with Gasteiger partial charge < -0.3 is 10.5 Å². The SMILES string of the molecule is Cn1nc(-c2cc(F)c(OCc3ccccc3)c(Cl)c2)cc1N. The monoisotopic (exact) mass is 331 g/mol. The van der Waals surface area contributed by atoms with Gasteiger partial charge in [0.2, 0.25) is 0 Å². The second-order valence-corrected chi connectivity index (χ2v) is 5.53. The van der Waals surface area contributed by atoms with Gasteiger partial charge in [0.25, 0.3) is 0 Å². The zero-order chi connectivity index (χ0) is 16.4. The minimum Gasteiger partial charge on any atom is -0.484 e. The Balaban J connectivity index is 1.85. The van der Waals surface area contributed by atoms with Crippen molar-refractivity contribution in [3.8, 4) is 17.0 Å². The molecule has 3 rings (SSSR count). The molecule has 0 fully saturated rings. The maximum absolute atomic E-state index is 14.3. The van der Waals surface area contributed by atoms with Crippen molar-refractivity contribution >= 4 is 17.4 Å². The number of aromatic nitrogens is 2. The number of hydrogen-bond donors (Lipinski definition) is 1. The van der Waals surface area contributed by atoms with E-state index < -0.39 is 5.82 Å². The van der Waals surface area contributed by atoms with Gasteiger partial charge in [0.05, 0.1) is 10.7 Å². The van der Waals surface area contributed by atoms with E-state index in [0.29, 0.717) is 17.1 Å². The first-order valence-electron chi connectivity index (χ1n) is 7.00. The van der Waals surface area contributed by atoms with Crippen LogP contribution in [0.3, 0.4) is 0 Å². The highest BCUT2D eigenvalue weighted by molar-refractivity contribution is 6.32. The van der Waals surface area contributed by atoms with Crippen molar-refractivity contribution in [3.05, 3.63) is 64.9 Å². The molecule has 0 amide bonds. The normalized spacial score (nSPS) is 10.7. The number of anilines is 1. The van der Waals surface area contributed by atoms with Gasteiger partial charge in [-0.15, -0.1) is 0 Å². The molecule has 2 aromatic carbocycles. The lowest BCUT2D eigenvalue weighted by Gasteiger charge is -2.10. The minimum absolute atomic E-state index is 0.0307. The maximum Gasteiger partial charge on any atom is 0.174 e. The lowest BCUT2D eigenvalue weighted by molar-refractivity contribution is 0.290. The molecule has 4 nitrogen and oxygen atoms in total. The second-order valence-electron chi connectivity index (χ2n) is 5.12. The van der Waals surface area contributed by atoms with E-state index in [2.05, 4.69) is 5.10 Å². The van der Waals surface area contributed by atoms with Crippen LogP contribution in [0.5, 0.6) is 5.75 Å². The van der Waals surface area contributed by atoms with Gasteiger partial charge in [0, 0.05) is 18.7 Å². The Kier molecular flexibility index (Phi) is 4.21. The zero-order valence-electron chi connectivity index (χ0n) is 12.5. The maximum atomic E-state index is 14.3. The smallest absolute Gasteiger partial charge is 0.174 e. The molecule has 0 aliphatic rings. The van der Waals surface area contributed by atoms with Gasteiger partial charge in [0.15, 0.2) is 11.6 Å². The molecule has 1 heterocycles. The van der Waals surface area contributed by atoms with Crippen LogP contribution < -0.4 is 10.5 Å². The summed E-state index contributed by atoms with van der Waals surface area (Å²) in [7, 11) is 1.72. The molecule has 0 bridgehead atoms. The fourth-order valence-corrected chi connectivity index (χ4v) is 2.46. The minimum atomic E-state index is -0.535. The highest BCUT2D eigenvalue weighted by atomic mass is 35.5. The van der Waals surface area contributed by atoms with Gasteiger partial charge in [-0.3, -0.25) is 4.68 Å². The van der Waals surface area contributed by atoms with Crippen molar-refractivity contribution in [2.45, 2.75) is 6.61 Å². The Morgan fingerprint density at radius 3 is 2.57 bits per heavy atom. The van der Waals surface area contributed by atoms with Gasteiger partial charge in [0.1, 0.15) is 12.4 Å². The summed E-state index contributed by atoms with van der Waals surface area (Å²) < 4.78 is 21.4. The number of nitrogens with zero attached hydrogens (tertiary/aromatic N) is 2. The molecule has 3 aromatic rings. The van der Waals surface area contributed by atoms with E-state index in [4.69, 9.17) is 22.1 Å². The summed E-state index contributed by atoms with van der Waals surface area (Å²) in [6.07, 6.45) is 0. The van der Waals surface area contributed by atoms with E-state index >= 15 is 0 Å². The standard InChI is InChI=1S/C17H15ClFN3O/c1-22-16(20)9-15(21-22)12-7-13(18)17(14(19)8-12)23-10-11-5-3-2-4-6-11/h2-9H,10,20H2,1H3. The van der Waals surface area contributed by atoms with Crippen LogP contribution in [0.25, 0.3) is 11.3 Å². The molecule has 0 atom stereocenters. The average Bonchev–Trinajstić information content (AvgIpc) is 2.87. The lowest BCUT2D eigenvalue weighted by Crippen LogP contribution is -1.99. The molecule has 2 N–H and O–H groups in total. The van der Waals surface area contributed by atoms with Crippen LogP contribution in [0.2, 0.25) is 5.02 Å². The Bertz CT molecular complexity index is 791. The number of benzene rings is 2. The second kappa shape index (κ2) is 6.30. The summed E-state index contributed by atoms with van der Waals surface area (Å²) in [5, 5.41) is 4.41. The van der Waals surface area contributed by atoms with Crippen LogP contribution in [0.1, 0.15) is 5.56 Å². The molecule has 118 valence electrons. The number of rotatable bonds is 4. The largest absolute Gasteiger partial charge is 0.484 e. The third-order valence-electron chi connectivity index (χ3n) is 3.44. The number of nitrogens with two attached hydrogens (primary N) is 1. The van der Waals surface area contributed by atoms with E-state index in [9.17, 15) is 4.39 Å². The van der Waals surface area contributed by atoms with E-state index in [0.717, 1.165) is 5.56 Å². The van der Waals surface area contributed by atoms with Crippen molar-refractivity contribution in [1.29, 1.82) is 0 Å². The Labute approximate surface area is 138 Å². The molecule has 0 spiro atoms. The highest BCUT2D eigenvalue weighted by Gasteiger charge is 2.14. The first-order valence-corrected chi connectivity index (χ1v) is 7.38. The van der Waals surface area contributed by atoms with E-state index in [1.165, 1.54) is 10.7 Å². The van der Waals surface area contributed by atoms with Crippen molar-refractivity contribution in [2.75, 3.05) is 5.73 Å². The summed E-state index contributed by atoms with van der Waals surface area (Å²) in [4.78, 5) is 0. The van der Waals surface area contributed by atoms with Crippen molar-refractivity contribution in [2.24, 2.45) is 7.05 Å². The predicted octanol–water partition coefficient (Wildman–Crippen LogP) is 4.04. The fraction of sp³-hybridized carbons (Fsp3) is 0.118. The van der Waals surface area contributed by atoms with Gasteiger partial charge >= 0.3 is 0 Å². The van der Waals surface area contributed by atoms with E-state index in [1.54, 1.807) is 19.2 Å². The topological polar surface area (TPSA) is 53.1 Å². The first-order chi connectivity index (χ1) is 11.0. The van der Waals surface area contributed by atoms with Crippen LogP contribution in [0, 0.1) is 5.82 Å². The molecule has 0 unspecified atom stereocenters. The Hall–Kier alpha value is -2.53. The molecule has 0 aliphatic heterocycles. The van der Waals surface area contributed by atoms with E-state index in [1.807, 2.05) is 30.3 Å². The molecule has 0 saturated heterocycles. The summed E-state index contributed by atoms with van der Waals surface area (Å²) in [5.41, 5.74) is 7.78. The lowest BCUT2D eigenvalue weighted by atomic mass is 10.1. The number of ether oxygens (including phenoxy) is 1. The zero-order valence-corrected chi connectivity index (χ0v) is 13.2. The molecule has 0 aliphatic carbocycles. The highest BCUT2D eigenvalue weighted by Crippen LogP contribution is 2.34. The van der Waals surface area contributed by atoms with Crippen molar-refractivity contribution < 1.29 is 9.13 Å². The van der Waals surface area contributed by atoms with Crippen molar-refractivity contribution in [3.63, 3.8) is 0 Å². The third kappa shape index (κ3) is 3.29. The number of hydrogen-bond acceptors (Lipinski definition) is 3. The predicted molar refractivity (Wildman–Crippen MR) is 88.8 cm³/mol. The summed E-state index contributed by atoms with van der Waals surface area (Å²) >= 11 is 6.17. The Morgan fingerprint density at radius 1 is 1.22 bits per heavy atom. The fourth-order valence-electron chi connectivity index (χ4n) is 2.20. The first kappa shape index (κ1) is 15.4. The van der Waals surface area contributed by atoms with E-state index in [-0.39, 0.29) is 17.4 Å². The van der Waals surface area contributed by atoms with Crippen LogP contribution in [-0.2, 0) is 13.7 Å². The number of halogens is 2. The van der Waals surface area contributed by atoms with Gasteiger partial charge in [-0.05, 0) is 17.7 Å². The van der Waals surface area contributed by atoms with Gasteiger partial charge in [-0.1, -0.05) is 41.9 Å². The molecule has 6 heteroatoms. The van der Waals surface area contributed by atoms with Gasteiger partial charge in [-0.25, -0.2) is 4.39 Å². The summed E-state index contributed by atoms with van der Waals surface area (Å²) in [5.74, 6) is -0.0169. The average molecular weight is 332 g/mol. The Morgan fingerprint density at radius 2 is 1.96 bits per heavy atom. The number of aryl methyl sites for hydroxylation is 1. The van der Waals surface area contributed by atoms with Crippen molar-refractivity contribution in [1.82, 2.24) is 9.78 Å². The summed E-state index contributed by atoms with van der Waals surface area (Å²) in [6, 6.07) is 14.1. The molecular weight excluding hydrogens is 317 g/mol. The summed E-state index contributed by atoms with van der Waals surface area (Å²) in [6.45, 7) is 0.243.